The van der Waals surface area contributed by atoms with Crippen molar-refractivity contribution in [2.24, 2.45) is 0 Å². The molecular formula is C33H39Cl2N3O4S. The molecule has 230 valence electrons. The van der Waals surface area contributed by atoms with E-state index in [9.17, 15) is 18.0 Å². The molecule has 1 fully saturated rings. The summed E-state index contributed by atoms with van der Waals surface area (Å²) >= 11 is 12.6. The largest absolute Gasteiger partial charge is 0.352 e. The van der Waals surface area contributed by atoms with Gasteiger partial charge in [-0.25, -0.2) is 8.42 Å². The fourth-order valence-electron chi connectivity index (χ4n) is 5.20. The zero-order valence-electron chi connectivity index (χ0n) is 25.0. The van der Waals surface area contributed by atoms with Crippen molar-refractivity contribution in [1.82, 2.24) is 10.2 Å². The third-order valence-electron chi connectivity index (χ3n) is 7.96. The summed E-state index contributed by atoms with van der Waals surface area (Å²) in [5.41, 5.74) is 2.90. The highest BCUT2D eigenvalue weighted by molar-refractivity contribution is 7.92. The molecule has 0 bridgehead atoms. The van der Waals surface area contributed by atoms with Gasteiger partial charge in [0.2, 0.25) is 11.8 Å². The van der Waals surface area contributed by atoms with Crippen molar-refractivity contribution < 1.29 is 18.0 Å². The fraction of sp³-hybridized carbons (Fsp3) is 0.394. The highest BCUT2D eigenvalue weighted by atomic mass is 35.5. The molecule has 10 heteroatoms. The van der Waals surface area contributed by atoms with Gasteiger partial charge in [-0.2, -0.15) is 0 Å². The standard InChI is InChI=1S/C33H39Cl2N3O4S/c1-22(2)25-12-15-29(16-13-25)38(43(41,42)30-17-9-23(3)10-18-30)21-32(39)37(20-26-11-14-27(34)19-31(26)35)24(4)33(40)36-28-7-5-6-8-28/h9-19,22,24,28H,5-8,20-21H2,1-4H3,(H,36,40). The Balaban J connectivity index is 1.71. The molecule has 7 nitrogen and oxygen atoms in total. The molecule has 4 rings (SSSR count). The summed E-state index contributed by atoms with van der Waals surface area (Å²) in [7, 11) is -4.14. The van der Waals surface area contributed by atoms with Crippen LogP contribution in [0.3, 0.4) is 0 Å². The number of nitrogens with zero attached hydrogens (tertiary/aromatic N) is 2. The maximum absolute atomic E-state index is 14.2. The smallest absolute Gasteiger partial charge is 0.264 e. The number of carbonyl (C=O) groups is 2. The van der Waals surface area contributed by atoms with Crippen LogP contribution in [0.1, 0.15) is 69.1 Å². The molecule has 0 aromatic heterocycles. The van der Waals surface area contributed by atoms with Crippen molar-refractivity contribution in [2.45, 2.75) is 82.8 Å². The average molecular weight is 645 g/mol. The van der Waals surface area contributed by atoms with E-state index < -0.39 is 28.5 Å². The molecule has 1 aliphatic rings. The number of carbonyl (C=O) groups excluding carboxylic acids is 2. The zero-order chi connectivity index (χ0) is 31.3. The van der Waals surface area contributed by atoms with E-state index in [4.69, 9.17) is 23.2 Å². The first-order valence-corrected chi connectivity index (χ1v) is 16.8. The van der Waals surface area contributed by atoms with Gasteiger partial charge in [-0.15, -0.1) is 0 Å². The molecule has 3 aromatic carbocycles. The highest BCUT2D eigenvalue weighted by Gasteiger charge is 2.33. The van der Waals surface area contributed by atoms with Crippen LogP contribution in [-0.2, 0) is 26.2 Å². The van der Waals surface area contributed by atoms with Crippen LogP contribution in [0.5, 0.6) is 0 Å². The van der Waals surface area contributed by atoms with Gasteiger partial charge in [0.25, 0.3) is 10.0 Å². The van der Waals surface area contributed by atoms with Crippen LogP contribution in [0.25, 0.3) is 0 Å². The Hall–Kier alpha value is -3.07. The number of anilines is 1. The van der Waals surface area contributed by atoms with Gasteiger partial charge in [-0.3, -0.25) is 13.9 Å². The SMILES string of the molecule is Cc1ccc(S(=O)(=O)N(CC(=O)N(Cc2ccc(Cl)cc2Cl)C(C)C(=O)NC2CCCC2)c2ccc(C(C)C)cc2)cc1. The monoisotopic (exact) mass is 643 g/mol. The van der Waals surface area contributed by atoms with E-state index in [1.807, 2.05) is 19.1 Å². The Kier molecular flexibility index (Phi) is 10.8. The molecule has 2 amide bonds. The quantitative estimate of drug-likeness (QED) is 0.241. The first-order valence-electron chi connectivity index (χ1n) is 14.6. The van der Waals surface area contributed by atoms with Gasteiger partial charge < -0.3 is 10.2 Å². The van der Waals surface area contributed by atoms with E-state index in [1.54, 1.807) is 49.4 Å². The zero-order valence-corrected chi connectivity index (χ0v) is 27.3. The van der Waals surface area contributed by atoms with Gasteiger partial charge in [-0.05, 0) is 80.1 Å². The number of hydrogen-bond donors (Lipinski definition) is 1. The van der Waals surface area contributed by atoms with Crippen molar-refractivity contribution in [3.05, 3.63) is 93.5 Å². The lowest BCUT2D eigenvalue weighted by Crippen LogP contribution is -2.52. The maximum Gasteiger partial charge on any atom is 0.264 e. The van der Waals surface area contributed by atoms with Crippen molar-refractivity contribution in [1.29, 1.82) is 0 Å². The molecule has 0 radical (unpaired) electrons. The van der Waals surface area contributed by atoms with E-state index in [0.29, 0.717) is 21.3 Å². The third-order valence-corrected chi connectivity index (χ3v) is 10.3. The summed E-state index contributed by atoms with van der Waals surface area (Å²) in [6, 6.07) is 17.8. The predicted molar refractivity (Wildman–Crippen MR) is 173 cm³/mol. The van der Waals surface area contributed by atoms with E-state index in [0.717, 1.165) is 41.1 Å². The maximum atomic E-state index is 14.2. The molecule has 3 aromatic rings. The summed E-state index contributed by atoms with van der Waals surface area (Å²) in [5, 5.41) is 3.86. The number of aryl methyl sites for hydroxylation is 1. The molecule has 43 heavy (non-hydrogen) atoms. The Morgan fingerprint density at radius 1 is 0.930 bits per heavy atom. The van der Waals surface area contributed by atoms with Crippen LogP contribution in [0.2, 0.25) is 10.0 Å². The van der Waals surface area contributed by atoms with Crippen molar-refractivity contribution in [3.63, 3.8) is 0 Å². The van der Waals surface area contributed by atoms with Crippen molar-refractivity contribution >= 4 is 50.7 Å². The Morgan fingerprint density at radius 2 is 1.56 bits per heavy atom. The first-order chi connectivity index (χ1) is 20.4. The molecule has 1 N–H and O–H groups in total. The van der Waals surface area contributed by atoms with Crippen LogP contribution in [0, 0.1) is 6.92 Å². The predicted octanol–water partition coefficient (Wildman–Crippen LogP) is 7.10. The van der Waals surface area contributed by atoms with Gasteiger partial charge >= 0.3 is 0 Å². The van der Waals surface area contributed by atoms with E-state index >= 15 is 0 Å². The number of hydrogen-bond acceptors (Lipinski definition) is 4. The average Bonchev–Trinajstić information content (AvgIpc) is 3.48. The summed E-state index contributed by atoms with van der Waals surface area (Å²) < 4.78 is 29.2. The molecule has 1 unspecified atom stereocenters. The lowest BCUT2D eigenvalue weighted by atomic mass is 10.0. The number of amides is 2. The molecule has 1 saturated carbocycles. The third kappa shape index (κ3) is 8.11. The molecular weight excluding hydrogens is 605 g/mol. The number of benzene rings is 3. The van der Waals surface area contributed by atoms with Crippen LogP contribution in [0.4, 0.5) is 5.69 Å². The first kappa shape index (κ1) is 32.8. The molecule has 0 saturated heterocycles. The minimum absolute atomic E-state index is 0.00119. The van der Waals surface area contributed by atoms with E-state index in [2.05, 4.69) is 19.2 Å². The number of sulfonamides is 1. The molecule has 0 heterocycles. The van der Waals surface area contributed by atoms with E-state index in [1.165, 1.54) is 17.0 Å². The van der Waals surface area contributed by atoms with Crippen molar-refractivity contribution in [3.8, 4) is 0 Å². The van der Waals surface area contributed by atoms with Crippen LogP contribution < -0.4 is 9.62 Å². The van der Waals surface area contributed by atoms with Crippen LogP contribution >= 0.6 is 23.2 Å². The van der Waals surface area contributed by atoms with Gasteiger partial charge in [0, 0.05) is 22.6 Å². The van der Waals surface area contributed by atoms with Crippen LogP contribution in [0.15, 0.2) is 71.6 Å². The Bertz CT molecular complexity index is 1540. The normalized spacial score (nSPS) is 14.5. The van der Waals surface area contributed by atoms with Gasteiger partial charge in [0.1, 0.15) is 12.6 Å². The molecule has 0 spiro atoms. The minimum Gasteiger partial charge on any atom is -0.352 e. The van der Waals surface area contributed by atoms with Crippen molar-refractivity contribution in [2.75, 3.05) is 10.8 Å². The Labute approximate surface area is 265 Å². The van der Waals surface area contributed by atoms with Crippen LogP contribution in [-0.4, -0.2) is 43.8 Å². The van der Waals surface area contributed by atoms with Gasteiger partial charge in [0.05, 0.1) is 10.6 Å². The number of nitrogens with one attached hydrogen (secondary N) is 1. The molecule has 1 atom stereocenters. The minimum atomic E-state index is -4.14. The molecule has 0 aliphatic heterocycles. The fourth-order valence-corrected chi connectivity index (χ4v) is 7.08. The summed E-state index contributed by atoms with van der Waals surface area (Å²) in [5.74, 6) is -0.583. The summed E-state index contributed by atoms with van der Waals surface area (Å²) in [6.45, 7) is 7.12. The summed E-state index contributed by atoms with van der Waals surface area (Å²) in [4.78, 5) is 29.0. The summed E-state index contributed by atoms with van der Waals surface area (Å²) in [6.07, 6.45) is 3.88. The Morgan fingerprint density at radius 3 is 2.14 bits per heavy atom. The second-order valence-electron chi connectivity index (χ2n) is 11.5. The number of halogens is 2. The lowest BCUT2D eigenvalue weighted by molar-refractivity contribution is -0.139. The second-order valence-corrected chi connectivity index (χ2v) is 14.2. The lowest BCUT2D eigenvalue weighted by Gasteiger charge is -2.32. The topological polar surface area (TPSA) is 86.8 Å². The second kappa shape index (κ2) is 14.1. The highest BCUT2D eigenvalue weighted by Crippen LogP contribution is 2.28. The van der Waals surface area contributed by atoms with Gasteiger partial charge in [-0.1, -0.05) is 85.8 Å². The number of rotatable bonds is 11. The molecule has 1 aliphatic carbocycles. The van der Waals surface area contributed by atoms with E-state index in [-0.39, 0.29) is 29.3 Å². The van der Waals surface area contributed by atoms with Gasteiger partial charge in [0.15, 0.2) is 0 Å².